The van der Waals surface area contributed by atoms with Crippen molar-refractivity contribution in [2.75, 3.05) is 25.1 Å². The second-order valence-corrected chi connectivity index (χ2v) is 9.92. The minimum Gasteiger partial charge on any atom is -0.504 e. The van der Waals surface area contributed by atoms with Crippen LogP contribution in [0.25, 0.3) is 10.9 Å². The molecule has 34 heavy (non-hydrogen) atoms. The Morgan fingerprint density at radius 3 is 2.56 bits per heavy atom. The number of anilines is 1. The number of phenolic OH excluding ortho intramolecular Hbond substituents is 1. The average molecular weight is 469 g/mol. The number of methoxy groups -OCH3 is 1. The highest BCUT2D eigenvalue weighted by atomic mass is 19.1. The minimum absolute atomic E-state index is 0.0276. The van der Waals surface area contributed by atoms with E-state index in [9.17, 15) is 14.7 Å². The maximum Gasteiger partial charge on any atom is 0.343 e. The lowest BCUT2D eigenvalue weighted by molar-refractivity contribution is 0.0598. The molecule has 0 radical (unpaired) electrons. The van der Waals surface area contributed by atoms with E-state index >= 15 is 4.39 Å². The normalized spacial score (nSPS) is 21.6. The van der Waals surface area contributed by atoms with Gasteiger partial charge in [0.05, 0.1) is 18.0 Å². The SMILES string of the molecule is C=CC1(C=C)CN(c2c(F)cc3c(=O)c(C(=O)OC)cn(C4CC4)c3c2O)C[C@@]1(C)CCCC. The number of benzene rings is 1. The number of unbranched alkanes of at least 4 members (excludes halogenated alkanes) is 1. The largest absolute Gasteiger partial charge is 0.504 e. The van der Waals surface area contributed by atoms with E-state index in [-0.39, 0.29) is 39.4 Å². The number of carbonyl (C=O) groups excluding carboxylic acids is 1. The van der Waals surface area contributed by atoms with Gasteiger partial charge in [-0.3, -0.25) is 4.79 Å². The lowest BCUT2D eigenvalue weighted by Gasteiger charge is -2.38. The van der Waals surface area contributed by atoms with Gasteiger partial charge in [0, 0.05) is 30.7 Å². The van der Waals surface area contributed by atoms with Gasteiger partial charge in [-0.2, -0.15) is 0 Å². The smallest absolute Gasteiger partial charge is 0.343 e. The van der Waals surface area contributed by atoms with Crippen molar-refractivity contribution in [3.8, 4) is 5.75 Å². The lowest BCUT2D eigenvalue weighted by atomic mass is 9.64. The van der Waals surface area contributed by atoms with Crippen molar-refractivity contribution in [3.63, 3.8) is 0 Å². The number of nitrogens with zero attached hydrogens (tertiary/aromatic N) is 2. The Labute approximate surface area is 199 Å². The zero-order valence-corrected chi connectivity index (χ0v) is 20.2. The zero-order chi connectivity index (χ0) is 24.8. The predicted octanol–water partition coefficient (Wildman–Crippen LogP) is 5.34. The second-order valence-electron chi connectivity index (χ2n) is 9.92. The van der Waals surface area contributed by atoms with Crippen LogP contribution in [0.5, 0.6) is 5.75 Å². The van der Waals surface area contributed by atoms with E-state index in [4.69, 9.17) is 4.74 Å². The molecule has 2 aromatic rings. The standard InChI is InChI=1S/C27H33FN2O4/c1-6-9-12-26(4)15-29(16-27(26,7-2)8-3)22-20(28)13-18-21(24(22)32)30(17-10-11-17)14-19(23(18)31)25(33)34-5/h7-8,13-14,17,32H,2-3,6,9-12,15-16H2,1,4-5H3/t26-/m1/s1. The molecule has 2 aliphatic rings. The molecule has 1 aliphatic heterocycles. The van der Waals surface area contributed by atoms with Crippen molar-refractivity contribution in [2.45, 2.75) is 52.0 Å². The summed E-state index contributed by atoms with van der Waals surface area (Å²) in [5, 5.41) is 11.4. The Morgan fingerprint density at radius 2 is 2.00 bits per heavy atom. The first kappa shape index (κ1) is 24.0. The van der Waals surface area contributed by atoms with Gasteiger partial charge in [-0.15, -0.1) is 13.2 Å². The Morgan fingerprint density at radius 1 is 1.32 bits per heavy atom. The molecule has 0 spiro atoms. The fourth-order valence-corrected chi connectivity index (χ4v) is 5.53. The van der Waals surface area contributed by atoms with Crippen LogP contribution in [0.4, 0.5) is 10.1 Å². The molecule has 6 nitrogen and oxygen atoms in total. The summed E-state index contributed by atoms with van der Waals surface area (Å²) in [6.45, 7) is 13.3. The number of aromatic hydroxyl groups is 1. The average Bonchev–Trinajstić information content (AvgIpc) is 3.62. The van der Waals surface area contributed by atoms with E-state index in [1.165, 1.54) is 13.3 Å². The summed E-state index contributed by atoms with van der Waals surface area (Å²) in [4.78, 5) is 27.1. The van der Waals surface area contributed by atoms with E-state index in [0.717, 1.165) is 38.2 Å². The third kappa shape index (κ3) is 3.53. The van der Waals surface area contributed by atoms with Crippen LogP contribution >= 0.6 is 0 Å². The molecule has 0 unspecified atom stereocenters. The molecule has 2 fully saturated rings. The van der Waals surface area contributed by atoms with Crippen molar-refractivity contribution in [1.29, 1.82) is 0 Å². The Hall–Kier alpha value is -3.09. The van der Waals surface area contributed by atoms with Crippen LogP contribution in [-0.2, 0) is 4.74 Å². The third-order valence-corrected chi connectivity index (χ3v) is 7.81. The number of esters is 1. The van der Waals surface area contributed by atoms with Crippen LogP contribution < -0.4 is 10.3 Å². The van der Waals surface area contributed by atoms with Gasteiger partial charge in [-0.05, 0) is 30.7 Å². The van der Waals surface area contributed by atoms with Crippen LogP contribution in [0.1, 0.15) is 62.4 Å². The highest BCUT2D eigenvalue weighted by Crippen LogP contribution is 2.54. The molecular formula is C27H33FN2O4. The van der Waals surface area contributed by atoms with E-state index in [2.05, 4.69) is 27.0 Å². The quantitative estimate of drug-likeness (QED) is 0.418. The van der Waals surface area contributed by atoms with Crippen LogP contribution in [0.3, 0.4) is 0 Å². The number of hydrogen-bond acceptors (Lipinski definition) is 5. The molecular weight excluding hydrogens is 435 g/mol. The fraction of sp³-hybridized carbons (Fsp3) is 0.481. The molecule has 1 aromatic heterocycles. The highest BCUT2D eigenvalue weighted by molar-refractivity contribution is 5.97. The van der Waals surface area contributed by atoms with Gasteiger partial charge in [0.2, 0.25) is 5.43 Å². The molecule has 7 heteroatoms. The minimum atomic E-state index is -0.779. The summed E-state index contributed by atoms with van der Waals surface area (Å²) < 4.78 is 22.1. The molecule has 0 amide bonds. The van der Waals surface area contributed by atoms with Gasteiger partial charge in [-0.25, -0.2) is 9.18 Å². The summed E-state index contributed by atoms with van der Waals surface area (Å²) in [5.41, 5.74) is -1.20. The summed E-state index contributed by atoms with van der Waals surface area (Å²) in [6.07, 6.45) is 9.84. The number of rotatable bonds is 8. The van der Waals surface area contributed by atoms with Gasteiger partial charge < -0.3 is 19.3 Å². The van der Waals surface area contributed by atoms with Gasteiger partial charge in [0.25, 0.3) is 0 Å². The molecule has 2 heterocycles. The highest BCUT2D eigenvalue weighted by Gasteiger charge is 2.52. The fourth-order valence-electron chi connectivity index (χ4n) is 5.53. The van der Waals surface area contributed by atoms with Crippen molar-refractivity contribution in [3.05, 3.63) is 59.2 Å². The first-order valence-electron chi connectivity index (χ1n) is 11.9. The second kappa shape index (κ2) is 8.60. The molecule has 1 N–H and O–H groups in total. The molecule has 1 saturated carbocycles. The topological polar surface area (TPSA) is 71.8 Å². The first-order valence-corrected chi connectivity index (χ1v) is 11.9. The maximum absolute atomic E-state index is 15.6. The van der Waals surface area contributed by atoms with Crippen molar-refractivity contribution < 1.29 is 19.0 Å². The molecule has 1 atom stereocenters. The van der Waals surface area contributed by atoms with Crippen LogP contribution in [-0.4, -0.2) is 35.8 Å². The number of ether oxygens (including phenoxy) is 1. The van der Waals surface area contributed by atoms with Gasteiger partial charge in [-0.1, -0.05) is 38.8 Å². The molecule has 1 saturated heterocycles. The zero-order valence-electron chi connectivity index (χ0n) is 20.2. The summed E-state index contributed by atoms with van der Waals surface area (Å²) >= 11 is 0. The third-order valence-electron chi connectivity index (χ3n) is 7.81. The maximum atomic E-state index is 15.6. The van der Waals surface area contributed by atoms with Crippen LogP contribution in [0.2, 0.25) is 0 Å². The van der Waals surface area contributed by atoms with Gasteiger partial charge in [0.1, 0.15) is 11.3 Å². The Kier molecular flexibility index (Phi) is 6.08. The molecule has 182 valence electrons. The summed E-state index contributed by atoms with van der Waals surface area (Å²) in [6, 6.07) is 1.17. The number of hydrogen-bond donors (Lipinski definition) is 1. The number of pyridine rings is 1. The Balaban J connectivity index is 1.92. The number of phenols is 1. The summed E-state index contributed by atoms with van der Waals surface area (Å²) in [7, 11) is 1.20. The first-order chi connectivity index (χ1) is 16.2. The monoisotopic (exact) mass is 468 g/mol. The van der Waals surface area contributed by atoms with Crippen molar-refractivity contribution in [2.24, 2.45) is 10.8 Å². The number of fused-ring (bicyclic) bond motifs is 1. The van der Waals surface area contributed by atoms with Crippen molar-refractivity contribution >= 4 is 22.6 Å². The summed E-state index contributed by atoms with van der Waals surface area (Å²) in [5.74, 6) is -1.76. The van der Waals surface area contributed by atoms with Crippen molar-refractivity contribution in [1.82, 2.24) is 4.57 Å². The molecule has 0 bridgehead atoms. The van der Waals surface area contributed by atoms with Crippen LogP contribution in [0.15, 0.2) is 42.4 Å². The van der Waals surface area contributed by atoms with Gasteiger partial charge >= 0.3 is 5.97 Å². The van der Waals surface area contributed by atoms with Crippen LogP contribution in [0, 0.1) is 16.6 Å². The predicted molar refractivity (Wildman–Crippen MR) is 132 cm³/mol. The molecule has 4 rings (SSSR count). The van der Waals surface area contributed by atoms with Gasteiger partial charge in [0.15, 0.2) is 11.6 Å². The molecule has 1 aliphatic carbocycles. The van der Waals surface area contributed by atoms with E-state index in [0.29, 0.717) is 13.1 Å². The molecule has 1 aromatic carbocycles. The van der Waals surface area contributed by atoms with E-state index in [1.807, 2.05) is 17.1 Å². The van der Waals surface area contributed by atoms with E-state index < -0.39 is 22.6 Å². The number of aromatic nitrogens is 1. The number of halogens is 1. The number of carbonyl (C=O) groups is 1. The van der Waals surface area contributed by atoms with E-state index in [1.54, 1.807) is 4.57 Å². The Bertz CT molecular complexity index is 1220. The lowest BCUT2D eigenvalue weighted by Crippen LogP contribution is -2.35.